The van der Waals surface area contributed by atoms with E-state index >= 15 is 0 Å². The van der Waals surface area contributed by atoms with Crippen LogP contribution in [-0.2, 0) is 4.74 Å². The van der Waals surface area contributed by atoms with Gasteiger partial charge in [-0.05, 0) is 36.7 Å². The molecule has 1 aliphatic rings. The molecule has 110 valence electrons. The van der Waals surface area contributed by atoms with Gasteiger partial charge in [0.2, 0.25) is 0 Å². The van der Waals surface area contributed by atoms with Crippen molar-refractivity contribution >= 4 is 22.0 Å². The maximum Gasteiger partial charge on any atom is 0.410 e. The standard InChI is InChI=1S/C13H18BrN3O3/c1-13(2,3)20-12(18)17-5-4-10(8-17)19-11-15-6-9(14)7-16-11/h6-7,10H,4-5,8H2,1-3H3. The molecule has 0 N–H and O–H groups in total. The number of likely N-dealkylation sites (tertiary alicyclic amines) is 1. The number of nitrogens with zero attached hydrogens (tertiary/aromatic N) is 3. The van der Waals surface area contributed by atoms with Crippen LogP contribution in [0.2, 0.25) is 0 Å². The normalized spacial score (nSPS) is 19.0. The summed E-state index contributed by atoms with van der Waals surface area (Å²) in [5, 5.41) is 0. The SMILES string of the molecule is CC(C)(C)OC(=O)N1CCC(Oc2ncc(Br)cn2)C1. The molecule has 1 aromatic rings. The molecule has 0 aliphatic carbocycles. The summed E-state index contributed by atoms with van der Waals surface area (Å²) in [5.74, 6) is 0. The minimum absolute atomic E-state index is 0.0938. The fourth-order valence-electron chi connectivity index (χ4n) is 1.83. The Morgan fingerprint density at radius 2 is 2.05 bits per heavy atom. The molecule has 7 heteroatoms. The lowest BCUT2D eigenvalue weighted by molar-refractivity contribution is 0.0274. The lowest BCUT2D eigenvalue weighted by Crippen LogP contribution is -2.36. The van der Waals surface area contributed by atoms with Crippen LogP contribution in [0.5, 0.6) is 6.01 Å². The van der Waals surface area contributed by atoms with Gasteiger partial charge in [0.15, 0.2) is 0 Å². The highest BCUT2D eigenvalue weighted by molar-refractivity contribution is 9.10. The molecule has 20 heavy (non-hydrogen) atoms. The van der Waals surface area contributed by atoms with E-state index in [1.165, 1.54) is 0 Å². The van der Waals surface area contributed by atoms with E-state index in [1.807, 2.05) is 20.8 Å². The van der Waals surface area contributed by atoms with Crippen molar-refractivity contribution in [1.82, 2.24) is 14.9 Å². The number of halogens is 1. The molecular weight excluding hydrogens is 326 g/mol. The average molecular weight is 344 g/mol. The first-order valence-electron chi connectivity index (χ1n) is 6.45. The summed E-state index contributed by atoms with van der Waals surface area (Å²) in [7, 11) is 0. The van der Waals surface area contributed by atoms with Crippen molar-refractivity contribution in [3.05, 3.63) is 16.9 Å². The molecule has 2 rings (SSSR count). The Kier molecular flexibility index (Phi) is 4.47. The summed E-state index contributed by atoms with van der Waals surface area (Å²) >= 11 is 3.26. The van der Waals surface area contributed by atoms with Crippen molar-refractivity contribution in [3.63, 3.8) is 0 Å². The number of hydrogen-bond donors (Lipinski definition) is 0. The third kappa shape index (κ3) is 4.33. The van der Waals surface area contributed by atoms with E-state index in [-0.39, 0.29) is 12.2 Å². The Morgan fingerprint density at radius 3 is 2.65 bits per heavy atom. The Balaban J connectivity index is 1.86. The number of ether oxygens (including phenoxy) is 2. The first kappa shape index (κ1) is 15.0. The Bertz CT molecular complexity index is 473. The second-order valence-corrected chi connectivity index (χ2v) is 6.55. The Labute approximate surface area is 126 Å². The molecule has 1 aromatic heterocycles. The van der Waals surface area contributed by atoms with Gasteiger partial charge in [0.25, 0.3) is 0 Å². The first-order chi connectivity index (χ1) is 9.33. The van der Waals surface area contributed by atoms with E-state index in [1.54, 1.807) is 17.3 Å². The van der Waals surface area contributed by atoms with E-state index in [0.29, 0.717) is 19.1 Å². The quantitative estimate of drug-likeness (QED) is 0.825. The number of hydrogen-bond acceptors (Lipinski definition) is 5. The van der Waals surface area contributed by atoms with Gasteiger partial charge in [0.05, 0.1) is 11.0 Å². The minimum atomic E-state index is -0.481. The van der Waals surface area contributed by atoms with Crippen LogP contribution < -0.4 is 4.74 Å². The van der Waals surface area contributed by atoms with Gasteiger partial charge in [0.1, 0.15) is 11.7 Å². The summed E-state index contributed by atoms with van der Waals surface area (Å²) in [6.45, 7) is 6.67. The van der Waals surface area contributed by atoms with Crippen molar-refractivity contribution in [2.45, 2.75) is 38.9 Å². The molecule has 1 saturated heterocycles. The predicted octanol–water partition coefficient (Wildman–Crippen LogP) is 2.63. The molecule has 1 unspecified atom stereocenters. The monoisotopic (exact) mass is 343 g/mol. The zero-order valence-corrected chi connectivity index (χ0v) is 13.4. The Morgan fingerprint density at radius 1 is 1.40 bits per heavy atom. The summed E-state index contributed by atoms with van der Waals surface area (Å²) < 4.78 is 11.8. The molecule has 1 amide bonds. The molecule has 0 bridgehead atoms. The zero-order valence-electron chi connectivity index (χ0n) is 11.8. The van der Waals surface area contributed by atoms with E-state index in [9.17, 15) is 4.79 Å². The zero-order chi connectivity index (χ0) is 14.8. The van der Waals surface area contributed by atoms with Gasteiger partial charge in [-0.3, -0.25) is 0 Å². The molecule has 0 aromatic carbocycles. The fourth-order valence-corrected chi connectivity index (χ4v) is 2.03. The van der Waals surface area contributed by atoms with Gasteiger partial charge in [-0.1, -0.05) is 0 Å². The van der Waals surface area contributed by atoms with Crippen LogP contribution in [0.1, 0.15) is 27.2 Å². The van der Waals surface area contributed by atoms with Crippen molar-refractivity contribution in [1.29, 1.82) is 0 Å². The molecule has 1 atom stereocenters. The van der Waals surface area contributed by atoms with Crippen molar-refractivity contribution in [2.75, 3.05) is 13.1 Å². The van der Waals surface area contributed by atoms with Gasteiger partial charge < -0.3 is 14.4 Å². The van der Waals surface area contributed by atoms with E-state index < -0.39 is 5.60 Å². The van der Waals surface area contributed by atoms with Crippen LogP contribution in [0.25, 0.3) is 0 Å². The van der Waals surface area contributed by atoms with Crippen LogP contribution in [0.15, 0.2) is 16.9 Å². The van der Waals surface area contributed by atoms with Crippen LogP contribution in [0, 0.1) is 0 Å². The maximum atomic E-state index is 11.9. The van der Waals surface area contributed by atoms with Gasteiger partial charge in [-0.25, -0.2) is 14.8 Å². The molecular formula is C13H18BrN3O3. The van der Waals surface area contributed by atoms with Gasteiger partial charge in [-0.15, -0.1) is 0 Å². The van der Waals surface area contributed by atoms with Gasteiger partial charge >= 0.3 is 12.1 Å². The second kappa shape index (κ2) is 5.95. The summed E-state index contributed by atoms with van der Waals surface area (Å²) in [6, 6.07) is 0.323. The van der Waals surface area contributed by atoms with Crippen molar-refractivity contribution < 1.29 is 14.3 Å². The van der Waals surface area contributed by atoms with Crippen molar-refractivity contribution in [3.8, 4) is 6.01 Å². The summed E-state index contributed by atoms with van der Waals surface area (Å²) in [6.07, 6.45) is 3.61. The number of carbonyl (C=O) groups is 1. The molecule has 0 radical (unpaired) electrons. The van der Waals surface area contributed by atoms with E-state index in [0.717, 1.165) is 10.9 Å². The number of aromatic nitrogens is 2. The fraction of sp³-hybridized carbons (Fsp3) is 0.615. The Hall–Kier alpha value is -1.37. The third-order valence-corrected chi connectivity index (χ3v) is 3.07. The topological polar surface area (TPSA) is 64.5 Å². The second-order valence-electron chi connectivity index (χ2n) is 5.64. The number of rotatable bonds is 2. The molecule has 1 aliphatic heterocycles. The minimum Gasteiger partial charge on any atom is -0.458 e. The highest BCUT2D eigenvalue weighted by Crippen LogP contribution is 2.18. The highest BCUT2D eigenvalue weighted by Gasteiger charge is 2.31. The predicted molar refractivity (Wildman–Crippen MR) is 76.6 cm³/mol. The molecule has 0 saturated carbocycles. The van der Waals surface area contributed by atoms with Crippen LogP contribution in [0.4, 0.5) is 4.79 Å². The van der Waals surface area contributed by atoms with Crippen molar-refractivity contribution in [2.24, 2.45) is 0 Å². The first-order valence-corrected chi connectivity index (χ1v) is 7.25. The van der Waals surface area contributed by atoms with Gasteiger partial charge in [-0.2, -0.15) is 0 Å². The summed E-state index contributed by atoms with van der Waals surface area (Å²) in [4.78, 5) is 21.7. The third-order valence-electron chi connectivity index (χ3n) is 2.67. The molecule has 6 nitrogen and oxygen atoms in total. The van der Waals surface area contributed by atoms with E-state index in [2.05, 4.69) is 25.9 Å². The highest BCUT2D eigenvalue weighted by atomic mass is 79.9. The molecule has 0 spiro atoms. The van der Waals surface area contributed by atoms with Gasteiger partial charge in [0, 0.05) is 25.4 Å². The van der Waals surface area contributed by atoms with Crippen LogP contribution in [0.3, 0.4) is 0 Å². The lowest BCUT2D eigenvalue weighted by atomic mass is 10.2. The van der Waals surface area contributed by atoms with E-state index in [4.69, 9.17) is 9.47 Å². The molecule has 1 fully saturated rings. The van der Waals surface area contributed by atoms with Crippen LogP contribution >= 0.6 is 15.9 Å². The number of amides is 1. The largest absolute Gasteiger partial charge is 0.458 e. The molecule has 2 heterocycles. The lowest BCUT2D eigenvalue weighted by Gasteiger charge is -2.24. The average Bonchev–Trinajstić information content (AvgIpc) is 2.79. The smallest absolute Gasteiger partial charge is 0.410 e. The number of carbonyl (C=O) groups excluding carboxylic acids is 1. The maximum absolute atomic E-state index is 11.9. The summed E-state index contributed by atoms with van der Waals surface area (Å²) in [5.41, 5.74) is -0.481. The van der Waals surface area contributed by atoms with Crippen LogP contribution in [-0.4, -0.2) is 45.8 Å².